The predicted molar refractivity (Wildman–Crippen MR) is 118 cm³/mol. The van der Waals surface area contributed by atoms with Gasteiger partial charge in [0, 0.05) is 71.6 Å². The number of aromatic nitrogens is 1. The maximum Gasteiger partial charge on any atom is 0.319 e. The Labute approximate surface area is 178 Å². The van der Waals surface area contributed by atoms with Crippen LogP contribution in [0.5, 0.6) is 0 Å². The smallest absolute Gasteiger partial charge is 0.319 e. The van der Waals surface area contributed by atoms with Gasteiger partial charge in [-0.2, -0.15) is 0 Å². The molecule has 0 saturated carbocycles. The van der Waals surface area contributed by atoms with Crippen molar-refractivity contribution in [3.8, 4) is 0 Å². The predicted octanol–water partition coefficient (Wildman–Crippen LogP) is 1.52. The Morgan fingerprint density at radius 3 is 2.27 bits per heavy atom. The van der Waals surface area contributed by atoms with E-state index in [0.717, 1.165) is 62.6 Å². The molecule has 0 atom stereocenters. The maximum atomic E-state index is 13.1. The Morgan fingerprint density at radius 2 is 1.53 bits per heavy atom. The van der Waals surface area contributed by atoms with Crippen LogP contribution >= 0.6 is 0 Å². The van der Waals surface area contributed by atoms with E-state index in [1.54, 1.807) is 19.0 Å². The summed E-state index contributed by atoms with van der Waals surface area (Å²) in [5.74, 6) is 1.18. The van der Waals surface area contributed by atoms with E-state index in [-0.39, 0.29) is 11.9 Å². The zero-order valence-corrected chi connectivity index (χ0v) is 18.3. The number of hydrogen-bond donors (Lipinski definition) is 0. The lowest BCUT2D eigenvalue weighted by Gasteiger charge is -2.36. The van der Waals surface area contributed by atoms with E-state index in [0.29, 0.717) is 13.1 Å². The highest BCUT2D eigenvalue weighted by atomic mass is 16.2. The summed E-state index contributed by atoms with van der Waals surface area (Å²) in [7, 11) is 5.68. The van der Waals surface area contributed by atoms with Crippen LogP contribution < -0.4 is 4.90 Å². The second-order valence-electron chi connectivity index (χ2n) is 8.50. The highest BCUT2D eigenvalue weighted by molar-refractivity contribution is 5.94. The molecule has 0 aliphatic carbocycles. The third-order valence-electron chi connectivity index (χ3n) is 6.14. The molecule has 4 heterocycles. The second kappa shape index (κ2) is 8.55. The van der Waals surface area contributed by atoms with Crippen LogP contribution in [0.1, 0.15) is 16.8 Å². The van der Waals surface area contributed by atoms with Crippen molar-refractivity contribution in [1.29, 1.82) is 0 Å². The van der Waals surface area contributed by atoms with E-state index in [9.17, 15) is 9.59 Å². The van der Waals surface area contributed by atoms with Crippen molar-refractivity contribution >= 4 is 23.3 Å². The Hall–Kier alpha value is -2.74. The SMILES string of the molecule is CN1CCCN(C(=O)c2ccc3ccc(N4CCN(C(=O)N(C)C)CC4)n3c2)CC1. The van der Waals surface area contributed by atoms with Crippen LogP contribution in [0.3, 0.4) is 0 Å². The molecule has 2 aromatic rings. The monoisotopic (exact) mass is 412 g/mol. The number of fused-ring (bicyclic) bond motifs is 1. The van der Waals surface area contributed by atoms with Crippen molar-refractivity contribution in [3.63, 3.8) is 0 Å². The summed E-state index contributed by atoms with van der Waals surface area (Å²) in [5.41, 5.74) is 1.80. The third kappa shape index (κ3) is 4.09. The first kappa shape index (κ1) is 20.5. The van der Waals surface area contributed by atoms with Crippen LogP contribution in [0.4, 0.5) is 10.6 Å². The van der Waals surface area contributed by atoms with Crippen LogP contribution in [0.15, 0.2) is 30.5 Å². The minimum Gasteiger partial charge on any atom is -0.354 e. The standard InChI is InChI=1S/C22H32N6O2/c1-23(2)22(30)27-15-13-25(14-16-27)20-8-7-19-6-5-18(17-28(19)20)21(29)26-10-4-9-24(3)11-12-26/h5-8,17H,4,9-16H2,1-3H3. The number of carbonyl (C=O) groups excluding carboxylic acids is 2. The Balaban J connectivity index is 1.51. The average molecular weight is 413 g/mol. The number of hydrogen-bond acceptors (Lipinski definition) is 4. The van der Waals surface area contributed by atoms with Gasteiger partial charge < -0.3 is 28.9 Å². The number of likely N-dealkylation sites (N-methyl/N-ethyl adjacent to an activating group) is 1. The van der Waals surface area contributed by atoms with E-state index in [1.165, 1.54) is 0 Å². The van der Waals surface area contributed by atoms with Gasteiger partial charge in [0.1, 0.15) is 5.82 Å². The molecule has 0 N–H and O–H groups in total. The summed E-state index contributed by atoms with van der Waals surface area (Å²) in [6.45, 7) is 6.49. The van der Waals surface area contributed by atoms with E-state index in [1.807, 2.05) is 28.1 Å². The number of carbonyl (C=O) groups is 2. The lowest BCUT2D eigenvalue weighted by atomic mass is 10.2. The Morgan fingerprint density at radius 1 is 0.833 bits per heavy atom. The van der Waals surface area contributed by atoms with Crippen molar-refractivity contribution in [2.24, 2.45) is 0 Å². The number of urea groups is 1. The highest BCUT2D eigenvalue weighted by Crippen LogP contribution is 2.23. The molecule has 0 unspecified atom stereocenters. The normalized spacial score (nSPS) is 18.6. The molecule has 30 heavy (non-hydrogen) atoms. The number of amides is 3. The zero-order chi connectivity index (χ0) is 21.3. The van der Waals surface area contributed by atoms with E-state index in [2.05, 4.69) is 33.4 Å². The van der Waals surface area contributed by atoms with Crippen LogP contribution in [0.25, 0.3) is 5.52 Å². The summed E-state index contributed by atoms with van der Waals surface area (Å²) >= 11 is 0. The summed E-state index contributed by atoms with van der Waals surface area (Å²) in [5, 5.41) is 0. The molecule has 0 spiro atoms. The van der Waals surface area contributed by atoms with Crippen molar-refractivity contribution in [1.82, 2.24) is 24.0 Å². The van der Waals surface area contributed by atoms with Crippen molar-refractivity contribution in [3.05, 3.63) is 36.0 Å². The lowest BCUT2D eigenvalue weighted by Crippen LogP contribution is -2.51. The molecular formula is C22H32N6O2. The average Bonchev–Trinajstić information content (AvgIpc) is 3.06. The second-order valence-corrected chi connectivity index (χ2v) is 8.50. The molecular weight excluding hydrogens is 380 g/mol. The van der Waals surface area contributed by atoms with Gasteiger partial charge in [-0.25, -0.2) is 4.79 Å². The molecule has 4 rings (SSSR count). The minimum absolute atomic E-state index is 0.0608. The van der Waals surface area contributed by atoms with Gasteiger partial charge in [-0.3, -0.25) is 4.79 Å². The van der Waals surface area contributed by atoms with Crippen molar-refractivity contribution in [2.75, 3.05) is 78.4 Å². The molecule has 162 valence electrons. The molecule has 2 aromatic heterocycles. The third-order valence-corrected chi connectivity index (χ3v) is 6.14. The minimum atomic E-state index is 0.0608. The fourth-order valence-corrected chi connectivity index (χ4v) is 4.31. The fourth-order valence-electron chi connectivity index (χ4n) is 4.31. The van der Waals surface area contributed by atoms with E-state index in [4.69, 9.17) is 0 Å². The molecule has 2 fully saturated rings. The van der Waals surface area contributed by atoms with Gasteiger partial charge in [-0.15, -0.1) is 0 Å². The first-order valence-electron chi connectivity index (χ1n) is 10.7. The van der Waals surface area contributed by atoms with Gasteiger partial charge in [0.05, 0.1) is 5.56 Å². The first-order valence-corrected chi connectivity index (χ1v) is 10.7. The summed E-state index contributed by atoms with van der Waals surface area (Å²) in [6, 6.07) is 8.21. The number of piperazine rings is 1. The maximum absolute atomic E-state index is 13.1. The van der Waals surface area contributed by atoms with Gasteiger partial charge in [-0.1, -0.05) is 0 Å². The van der Waals surface area contributed by atoms with Gasteiger partial charge in [0.15, 0.2) is 0 Å². The topological polar surface area (TPSA) is 54.8 Å². The fraction of sp³-hybridized carbons (Fsp3) is 0.545. The number of nitrogens with zero attached hydrogens (tertiary/aromatic N) is 6. The van der Waals surface area contributed by atoms with Gasteiger partial charge in [0.25, 0.3) is 5.91 Å². The number of pyridine rings is 1. The summed E-state index contributed by atoms with van der Waals surface area (Å²) < 4.78 is 2.11. The highest BCUT2D eigenvalue weighted by Gasteiger charge is 2.24. The van der Waals surface area contributed by atoms with Crippen LogP contribution in [0, 0.1) is 0 Å². The molecule has 0 radical (unpaired) electrons. The quantitative estimate of drug-likeness (QED) is 0.751. The van der Waals surface area contributed by atoms with Crippen LogP contribution in [-0.4, -0.2) is 109 Å². The molecule has 0 aromatic carbocycles. The van der Waals surface area contributed by atoms with Crippen molar-refractivity contribution < 1.29 is 9.59 Å². The van der Waals surface area contributed by atoms with Gasteiger partial charge >= 0.3 is 6.03 Å². The van der Waals surface area contributed by atoms with Gasteiger partial charge in [0.2, 0.25) is 0 Å². The molecule has 8 heteroatoms. The Kier molecular flexibility index (Phi) is 5.85. The lowest BCUT2D eigenvalue weighted by molar-refractivity contribution is 0.0762. The van der Waals surface area contributed by atoms with Gasteiger partial charge in [-0.05, 0) is 44.3 Å². The first-order chi connectivity index (χ1) is 14.4. The molecule has 2 saturated heterocycles. The number of rotatable bonds is 2. The molecule has 2 aliphatic rings. The van der Waals surface area contributed by atoms with Crippen molar-refractivity contribution in [2.45, 2.75) is 6.42 Å². The number of anilines is 1. The molecule has 0 bridgehead atoms. The molecule has 8 nitrogen and oxygen atoms in total. The molecule has 3 amide bonds. The Bertz CT molecular complexity index is 915. The van der Waals surface area contributed by atoms with Crippen LogP contribution in [-0.2, 0) is 0 Å². The summed E-state index contributed by atoms with van der Waals surface area (Å²) in [6.07, 6.45) is 2.98. The largest absolute Gasteiger partial charge is 0.354 e. The molecule has 2 aliphatic heterocycles. The van der Waals surface area contributed by atoms with E-state index < -0.39 is 0 Å². The van der Waals surface area contributed by atoms with E-state index >= 15 is 0 Å². The zero-order valence-electron chi connectivity index (χ0n) is 18.3. The summed E-state index contributed by atoms with van der Waals surface area (Å²) in [4.78, 5) is 35.4. The van der Waals surface area contributed by atoms with Crippen LogP contribution in [0.2, 0.25) is 0 Å².